The lowest BCUT2D eigenvalue weighted by molar-refractivity contribution is 0.230. The molecule has 4 nitrogen and oxygen atoms in total. The van der Waals surface area contributed by atoms with Gasteiger partial charge >= 0.3 is 0 Å². The molecule has 1 atom stereocenters. The van der Waals surface area contributed by atoms with E-state index in [1.165, 1.54) is 45.2 Å². The Bertz CT molecular complexity index is 343. The van der Waals surface area contributed by atoms with E-state index < -0.39 is 0 Å². The van der Waals surface area contributed by atoms with Gasteiger partial charge in [-0.2, -0.15) is 0 Å². The molecule has 0 aromatic rings. The first kappa shape index (κ1) is 16.6. The second-order valence-electron chi connectivity index (χ2n) is 6.88. The van der Waals surface area contributed by atoms with Crippen molar-refractivity contribution in [2.45, 2.75) is 58.9 Å². The van der Waals surface area contributed by atoms with Gasteiger partial charge in [0.05, 0.1) is 0 Å². The standard InChI is InChI=1S/C17H34N4/c1-5-20(6-2)15(3)13-19-16(18-4)21-12-11-17(14-21)9-7-8-10-17/h15H,5-14H2,1-4H3,(H,18,19). The van der Waals surface area contributed by atoms with Crippen LogP contribution in [-0.4, -0.2) is 61.6 Å². The molecule has 4 heteroatoms. The van der Waals surface area contributed by atoms with Gasteiger partial charge in [-0.25, -0.2) is 0 Å². The third kappa shape index (κ3) is 3.91. The molecule has 0 bridgehead atoms. The van der Waals surface area contributed by atoms with E-state index in [1.54, 1.807) is 0 Å². The van der Waals surface area contributed by atoms with Crippen molar-refractivity contribution < 1.29 is 0 Å². The quantitative estimate of drug-likeness (QED) is 0.624. The van der Waals surface area contributed by atoms with Crippen LogP contribution in [0.2, 0.25) is 0 Å². The molecule has 1 aliphatic carbocycles. The van der Waals surface area contributed by atoms with Crippen molar-refractivity contribution in [1.29, 1.82) is 0 Å². The van der Waals surface area contributed by atoms with Gasteiger partial charge < -0.3 is 10.2 Å². The highest BCUT2D eigenvalue weighted by molar-refractivity contribution is 5.80. The van der Waals surface area contributed by atoms with E-state index in [4.69, 9.17) is 0 Å². The predicted octanol–water partition coefficient (Wildman–Crippen LogP) is 2.56. The molecule has 1 heterocycles. The molecule has 122 valence electrons. The highest BCUT2D eigenvalue weighted by atomic mass is 15.3. The van der Waals surface area contributed by atoms with Crippen molar-refractivity contribution in [2.75, 3.05) is 39.8 Å². The molecule has 0 aromatic carbocycles. The molecule has 1 spiro atoms. The number of guanidine groups is 1. The number of hydrogen-bond donors (Lipinski definition) is 1. The van der Waals surface area contributed by atoms with Gasteiger partial charge in [0.25, 0.3) is 0 Å². The van der Waals surface area contributed by atoms with Gasteiger partial charge in [0.15, 0.2) is 5.96 Å². The van der Waals surface area contributed by atoms with Crippen LogP contribution in [-0.2, 0) is 0 Å². The maximum atomic E-state index is 4.52. The zero-order chi connectivity index (χ0) is 15.3. The summed E-state index contributed by atoms with van der Waals surface area (Å²) in [5.74, 6) is 1.11. The molecule has 1 unspecified atom stereocenters. The van der Waals surface area contributed by atoms with E-state index in [0.29, 0.717) is 11.5 Å². The van der Waals surface area contributed by atoms with Crippen molar-refractivity contribution in [3.63, 3.8) is 0 Å². The maximum absolute atomic E-state index is 4.52. The van der Waals surface area contributed by atoms with Crippen LogP contribution in [0.5, 0.6) is 0 Å². The van der Waals surface area contributed by atoms with Gasteiger partial charge in [0, 0.05) is 32.7 Å². The summed E-state index contributed by atoms with van der Waals surface area (Å²) in [6, 6.07) is 0.555. The Labute approximate surface area is 131 Å². The van der Waals surface area contributed by atoms with Crippen LogP contribution in [0.1, 0.15) is 52.9 Å². The lowest BCUT2D eigenvalue weighted by Gasteiger charge is -2.30. The number of aliphatic imine (C=N–C) groups is 1. The summed E-state index contributed by atoms with van der Waals surface area (Å²) in [4.78, 5) is 9.50. The fourth-order valence-corrected chi connectivity index (χ4v) is 4.20. The highest BCUT2D eigenvalue weighted by Crippen LogP contribution is 2.45. The second-order valence-corrected chi connectivity index (χ2v) is 6.88. The normalized spacial score (nSPS) is 23.3. The predicted molar refractivity (Wildman–Crippen MR) is 90.8 cm³/mol. The molecule has 2 rings (SSSR count). The molecule has 2 aliphatic rings. The largest absolute Gasteiger partial charge is 0.355 e. The van der Waals surface area contributed by atoms with E-state index in [2.05, 4.69) is 40.9 Å². The first-order valence-electron chi connectivity index (χ1n) is 8.84. The molecule has 1 saturated carbocycles. The monoisotopic (exact) mass is 294 g/mol. The van der Waals surface area contributed by atoms with E-state index >= 15 is 0 Å². The average Bonchev–Trinajstić information content (AvgIpc) is 3.12. The summed E-state index contributed by atoms with van der Waals surface area (Å²) in [7, 11) is 1.92. The number of nitrogens with one attached hydrogen (secondary N) is 1. The molecular weight excluding hydrogens is 260 g/mol. The molecule has 0 amide bonds. The minimum Gasteiger partial charge on any atom is -0.355 e. The fourth-order valence-electron chi connectivity index (χ4n) is 4.20. The molecule has 21 heavy (non-hydrogen) atoms. The number of likely N-dealkylation sites (N-methyl/N-ethyl adjacent to an activating group) is 1. The fraction of sp³-hybridized carbons (Fsp3) is 0.941. The van der Waals surface area contributed by atoms with Gasteiger partial charge in [-0.15, -0.1) is 0 Å². The van der Waals surface area contributed by atoms with Crippen LogP contribution in [0.25, 0.3) is 0 Å². The van der Waals surface area contributed by atoms with Gasteiger partial charge in [-0.3, -0.25) is 9.89 Å². The molecular formula is C17H34N4. The van der Waals surface area contributed by atoms with E-state index in [0.717, 1.165) is 25.6 Å². The SMILES string of the molecule is CCN(CC)C(C)CNC(=NC)N1CCC2(CCCC2)C1. The number of hydrogen-bond acceptors (Lipinski definition) is 2. The summed E-state index contributed by atoms with van der Waals surface area (Å²) in [6.07, 6.45) is 7.07. The lowest BCUT2D eigenvalue weighted by Crippen LogP contribution is -2.47. The van der Waals surface area contributed by atoms with Gasteiger partial charge in [0.1, 0.15) is 0 Å². The van der Waals surface area contributed by atoms with Crippen LogP contribution >= 0.6 is 0 Å². The zero-order valence-electron chi connectivity index (χ0n) is 14.5. The molecule has 1 aliphatic heterocycles. The van der Waals surface area contributed by atoms with Crippen LogP contribution in [0.4, 0.5) is 0 Å². The van der Waals surface area contributed by atoms with Crippen LogP contribution < -0.4 is 5.32 Å². The highest BCUT2D eigenvalue weighted by Gasteiger charge is 2.41. The number of rotatable bonds is 5. The summed E-state index contributed by atoms with van der Waals surface area (Å²) in [5.41, 5.74) is 0.613. The van der Waals surface area contributed by atoms with Crippen molar-refractivity contribution >= 4 is 5.96 Å². The molecule has 1 saturated heterocycles. The molecule has 1 N–H and O–H groups in total. The summed E-state index contributed by atoms with van der Waals surface area (Å²) >= 11 is 0. The number of nitrogens with zero attached hydrogens (tertiary/aromatic N) is 3. The lowest BCUT2D eigenvalue weighted by atomic mass is 9.86. The maximum Gasteiger partial charge on any atom is 0.193 e. The Morgan fingerprint density at radius 3 is 2.48 bits per heavy atom. The second kappa shape index (κ2) is 7.48. The number of likely N-dealkylation sites (tertiary alicyclic amines) is 1. The van der Waals surface area contributed by atoms with Gasteiger partial charge in [-0.05, 0) is 44.7 Å². The third-order valence-corrected chi connectivity index (χ3v) is 5.61. The smallest absolute Gasteiger partial charge is 0.193 e. The Hall–Kier alpha value is -0.770. The Morgan fingerprint density at radius 2 is 1.90 bits per heavy atom. The van der Waals surface area contributed by atoms with Crippen molar-refractivity contribution in [2.24, 2.45) is 10.4 Å². The van der Waals surface area contributed by atoms with Crippen molar-refractivity contribution in [1.82, 2.24) is 15.1 Å². The first-order chi connectivity index (χ1) is 10.1. The van der Waals surface area contributed by atoms with Crippen LogP contribution in [0.15, 0.2) is 4.99 Å². The molecule has 2 fully saturated rings. The van der Waals surface area contributed by atoms with Gasteiger partial charge in [-0.1, -0.05) is 26.7 Å². The third-order valence-electron chi connectivity index (χ3n) is 5.61. The van der Waals surface area contributed by atoms with Crippen LogP contribution in [0.3, 0.4) is 0 Å². The Morgan fingerprint density at radius 1 is 1.24 bits per heavy atom. The molecule has 0 radical (unpaired) electrons. The van der Waals surface area contributed by atoms with E-state index in [1.807, 2.05) is 7.05 Å². The minimum atomic E-state index is 0.555. The average molecular weight is 294 g/mol. The van der Waals surface area contributed by atoms with E-state index in [9.17, 15) is 0 Å². The topological polar surface area (TPSA) is 30.9 Å². The summed E-state index contributed by atoms with van der Waals surface area (Å²) in [6.45, 7) is 12.4. The molecule has 0 aromatic heterocycles. The van der Waals surface area contributed by atoms with E-state index in [-0.39, 0.29) is 0 Å². The van der Waals surface area contributed by atoms with Crippen molar-refractivity contribution in [3.8, 4) is 0 Å². The van der Waals surface area contributed by atoms with Crippen LogP contribution in [0, 0.1) is 5.41 Å². The summed E-state index contributed by atoms with van der Waals surface area (Å²) < 4.78 is 0. The minimum absolute atomic E-state index is 0.555. The zero-order valence-corrected chi connectivity index (χ0v) is 14.5. The van der Waals surface area contributed by atoms with Gasteiger partial charge in [0.2, 0.25) is 0 Å². The Kier molecular flexibility index (Phi) is 5.91. The summed E-state index contributed by atoms with van der Waals surface area (Å²) in [5, 5.41) is 3.60. The first-order valence-corrected chi connectivity index (χ1v) is 8.84. The Balaban J connectivity index is 1.84. The van der Waals surface area contributed by atoms with Crippen molar-refractivity contribution in [3.05, 3.63) is 0 Å².